The van der Waals surface area contributed by atoms with Crippen LogP contribution < -0.4 is 4.90 Å². The molecule has 1 N–H and O–H groups in total. The molecule has 8 nitrogen and oxygen atoms in total. The topological polar surface area (TPSA) is 104 Å². The van der Waals surface area contributed by atoms with Crippen molar-refractivity contribution in [3.63, 3.8) is 0 Å². The Bertz CT molecular complexity index is 750. The van der Waals surface area contributed by atoms with E-state index in [0.29, 0.717) is 6.54 Å². The molecule has 0 atom stereocenters. The summed E-state index contributed by atoms with van der Waals surface area (Å²) in [6, 6.07) is 1.80. The van der Waals surface area contributed by atoms with Gasteiger partial charge in [-0.15, -0.1) is 0 Å². The van der Waals surface area contributed by atoms with Crippen LogP contribution in [0.25, 0.3) is 0 Å². The minimum Gasteiger partial charge on any atom is -0.475 e. The average molecular weight is 410 g/mol. The molecular weight excluding hydrogens is 389 g/mol. The predicted octanol–water partition coefficient (Wildman–Crippen LogP) is 1.50. The lowest BCUT2D eigenvalue weighted by molar-refractivity contribution is -0.192. The number of piperidine rings is 1. The standard InChI is InChI=1S/C13H20N4O2S.C2HF3O2/c1-20(18,19)17-9-2-4-13(17)5-10-16(11-6-13)12-14-7-3-8-15-12;3-2(4,5)1(6)7/h3,7-8H,2,4-6,9-11H2,1H3;(H,6,7). The molecule has 152 valence electrons. The second kappa shape index (κ2) is 7.97. The van der Waals surface area contributed by atoms with E-state index in [1.54, 1.807) is 22.8 Å². The number of rotatable bonds is 2. The molecule has 1 aromatic rings. The molecule has 0 aliphatic carbocycles. The van der Waals surface area contributed by atoms with Crippen LogP contribution in [0.3, 0.4) is 0 Å². The fourth-order valence-corrected chi connectivity index (χ4v) is 4.95. The van der Waals surface area contributed by atoms with E-state index in [1.165, 1.54) is 6.26 Å². The Morgan fingerprint density at radius 1 is 1.15 bits per heavy atom. The third-order valence-corrected chi connectivity index (χ3v) is 6.07. The van der Waals surface area contributed by atoms with Crippen LogP contribution in [0.1, 0.15) is 25.7 Å². The maximum Gasteiger partial charge on any atom is 0.490 e. The van der Waals surface area contributed by atoms with Gasteiger partial charge in [0.1, 0.15) is 0 Å². The van der Waals surface area contributed by atoms with Gasteiger partial charge in [0, 0.05) is 37.6 Å². The number of carboxylic acid groups (broad SMARTS) is 1. The van der Waals surface area contributed by atoms with Gasteiger partial charge in [-0.1, -0.05) is 0 Å². The first-order chi connectivity index (χ1) is 12.5. The number of aliphatic carboxylic acids is 1. The zero-order valence-corrected chi connectivity index (χ0v) is 15.5. The Hall–Kier alpha value is -1.95. The number of alkyl halides is 3. The number of aromatic nitrogens is 2. The lowest BCUT2D eigenvalue weighted by Gasteiger charge is -2.43. The Kier molecular flexibility index (Phi) is 6.30. The number of carboxylic acids is 1. The highest BCUT2D eigenvalue weighted by Gasteiger charge is 2.47. The summed E-state index contributed by atoms with van der Waals surface area (Å²) in [5.41, 5.74) is -0.168. The van der Waals surface area contributed by atoms with Gasteiger partial charge in [0.15, 0.2) is 0 Å². The van der Waals surface area contributed by atoms with E-state index < -0.39 is 22.2 Å². The van der Waals surface area contributed by atoms with Gasteiger partial charge in [0.25, 0.3) is 0 Å². The number of carbonyl (C=O) groups is 1. The number of hydrogen-bond acceptors (Lipinski definition) is 6. The van der Waals surface area contributed by atoms with E-state index >= 15 is 0 Å². The first-order valence-electron chi connectivity index (χ1n) is 8.26. The first kappa shape index (κ1) is 21.4. The highest BCUT2D eigenvalue weighted by Crippen LogP contribution is 2.40. The maximum absolute atomic E-state index is 11.9. The fraction of sp³-hybridized carbons (Fsp3) is 0.667. The molecule has 1 spiro atoms. The molecule has 2 aliphatic heterocycles. The minimum absolute atomic E-state index is 0.168. The zero-order chi connectivity index (χ0) is 20.3. The monoisotopic (exact) mass is 410 g/mol. The van der Waals surface area contributed by atoms with E-state index in [1.807, 2.05) is 0 Å². The smallest absolute Gasteiger partial charge is 0.475 e. The number of halogens is 3. The molecule has 2 fully saturated rings. The molecular formula is C15H21F3N4O4S. The molecule has 0 bridgehead atoms. The largest absolute Gasteiger partial charge is 0.490 e. The molecule has 2 saturated heterocycles. The normalized spacial score (nSPS) is 20.2. The van der Waals surface area contributed by atoms with Crippen LogP contribution in [0.4, 0.5) is 19.1 Å². The van der Waals surface area contributed by atoms with Gasteiger partial charge in [-0.2, -0.15) is 17.5 Å². The van der Waals surface area contributed by atoms with Gasteiger partial charge < -0.3 is 10.0 Å². The second-order valence-electron chi connectivity index (χ2n) is 6.50. The van der Waals surface area contributed by atoms with Crippen molar-refractivity contribution in [2.75, 3.05) is 30.8 Å². The number of sulfonamides is 1. The maximum atomic E-state index is 11.9. The van der Waals surface area contributed by atoms with E-state index in [4.69, 9.17) is 9.90 Å². The molecule has 0 radical (unpaired) electrons. The van der Waals surface area contributed by atoms with Crippen molar-refractivity contribution in [2.24, 2.45) is 0 Å². The van der Waals surface area contributed by atoms with Crippen LogP contribution in [-0.2, 0) is 14.8 Å². The predicted molar refractivity (Wildman–Crippen MR) is 90.7 cm³/mol. The molecule has 27 heavy (non-hydrogen) atoms. The van der Waals surface area contributed by atoms with E-state index in [2.05, 4.69) is 14.9 Å². The summed E-state index contributed by atoms with van der Waals surface area (Å²) in [5, 5.41) is 7.12. The summed E-state index contributed by atoms with van der Waals surface area (Å²) in [4.78, 5) is 19.6. The van der Waals surface area contributed by atoms with Gasteiger partial charge in [0.05, 0.1) is 6.26 Å². The zero-order valence-electron chi connectivity index (χ0n) is 14.7. The van der Waals surface area contributed by atoms with Crippen LogP contribution >= 0.6 is 0 Å². The van der Waals surface area contributed by atoms with Crippen molar-refractivity contribution < 1.29 is 31.5 Å². The van der Waals surface area contributed by atoms with E-state index in [9.17, 15) is 21.6 Å². The molecule has 0 unspecified atom stereocenters. The summed E-state index contributed by atoms with van der Waals surface area (Å²) < 4.78 is 57.4. The summed E-state index contributed by atoms with van der Waals surface area (Å²) in [6.45, 7) is 2.30. The van der Waals surface area contributed by atoms with Crippen molar-refractivity contribution in [3.05, 3.63) is 18.5 Å². The highest BCUT2D eigenvalue weighted by atomic mass is 32.2. The van der Waals surface area contributed by atoms with Gasteiger partial charge in [-0.25, -0.2) is 23.2 Å². The van der Waals surface area contributed by atoms with Crippen molar-refractivity contribution in [1.29, 1.82) is 0 Å². The van der Waals surface area contributed by atoms with E-state index in [0.717, 1.165) is 44.7 Å². The third kappa shape index (κ3) is 5.28. The third-order valence-electron chi connectivity index (χ3n) is 4.70. The molecule has 3 rings (SSSR count). The SMILES string of the molecule is CS(=O)(=O)N1CCCC12CCN(c1ncccn1)CC2.O=C(O)C(F)(F)F. The highest BCUT2D eigenvalue weighted by molar-refractivity contribution is 7.88. The van der Waals surface area contributed by atoms with Gasteiger partial charge >= 0.3 is 12.1 Å². The number of nitrogens with zero attached hydrogens (tertiary/aromatic N) is 4. The Labute approximate surface area is 155 Å². The quantitative estimate of drug-likeness (QED) is 0.788. The molecule has 12 heteroatoms. The number of hydrogen-bond donors (Lipinski definition) is 1. The average Bonchev–Trinajstić information content (AvgIpc) is 2.99. The van der Waals surface area contributed by atoms with Crippen molar-refractivity contribution in [1.82, 2.24) is 14.3 Å². The summed E-state index contributed by atoms with van der Waals surface area (Å²) in [6.07, 6.45) is 3.39. The summed E-state index contributed by atoms with van der Waals surface area (Å²) in [7, 11) is -3.11. The van der Waals surface area contributed by atoms with Gasteiger partial charge in [-0.3, -0.25) is 0 Å². The molecule has 1 aromatic heterocycles. The van der Waals surface area contributed by atoms with Crippen molar-refractivity contribution in [2.45, 2.75) is 37.4 Å². The number of anilines is 1. The molecule has 0 aromatic carbocycles. The molecule has 0 amide bonds. The molecule has 0 saturated carbocycles. The summed E-state index contributed by atoms with van der Waals surface area (Å²) >= 11 is 0. The Balaban J connectivity index is 0.000000321. The Morgan fingerprint density at radius 3 is 2.11 bits per heavy atom. The van der Waals surface area contributed by atoms with E-state index in [-0.39, 0.29) is 5.54 Å². The fourth-order valence-electron chi connectivity index (χ4n) is 3.51. The lowest BCUT2D eigenvalue weighted by Crippen LogP contribution is -2.54. The van der Waals surface area contributed by atoms with Crippen LogP contribution in [0, 0.1) is 0 Å². The van der Waals surface area contributed by atoms with Crippen molar-refractivity contribution >= 4 is 21.9 Å². The summed E-state index contributed by atoms with van der Waals surface area (Å²) in [5.74, 6) is -2.02. The van der Waals surface area contributed by atoms with Crippen LogP contribution in [-0.4, -0.2) is 71.4 Å². The molecule has 2 aliphatic rings. The van der Waals surface area contributed by atoms with Crippen LogP contribution in [0.5, 0.6) is 0 Å². The second-order valence-corrected chi connectivity index (χ2v) is 8.41. The minimum atomic E-state index is -5.08. The van der Waals surface area contributed by atoms with Gasteiger partial charge in [0.2, 0.25) is 16.0 Å². The Morgan fingerprint density at radius 2 is 1.67 bits per heavy atom. The van der Waals surface area contributed by atoms with Crippen LogP contribution in [0.15, 0.2) is 18.5 Å². The lowest BCUT2D eigenvalue weighted by atomic mass is 9.86. The van der Waals surface area contributed by atoms with Crippen molar-refractivity contribution in [3.8, 4) is 0 Å². The van der Waals surface area contributed by atoms with Gasteiger partial charge in [-0.05, 0) is 31.7 Å². The first-order valence-corrected chi connectivity index (χ1v) is 10.1. The molecule has 3 heterocycles. The van der Waals surface area contributed by atoms with Crippen LogP contribution in [0.2, 0.25) is 0 Å².